The van der Waals surface area contributed by atoms with Crippen molar-refractivity contribution in [1.82, 2.24) is 14.9 Å². The first-order valence-corrected chi connectivity index (χ1v) is 10.1. The molecule has 0 radical (unpaired) electrons. The molecule has 0 aromatic heterocycles. The number of nitrogens with zero attached hydrogens (tertiary/aromatic N) is 2. The maximum atomic E-state index is 12.2. The van der Waals surface area contributed by atoms with E-state index in [0.29, 0.717) is 6.54 Å². The minimum atomic E-state index is -3.49. The predicted octanol–water partition coefficient (Wildman–Crippen LogP) is 2.14. The first-order valence-electron chi connectivity index (χ1n) is 8.57. The Balaban J connectivity index is 2.57. The fourth-order valence-corrected chi connectivity index (χ4v) is 3.21. The van der Waals surface area contributed by atoms with Crippen molar-refractivity contribution in [3.63, 3.8) is 0 Å². The number of hydrogen-bond donors (Lipinski definition) is 2. The van der Waals surface area contributed by atoms with E-state index < -0.39 is 10.0 Å². The van der Waals surface area contributed by atoms with E-state index in [4.69, 9.17) is 0 Å². The monoisotopic (exact) mass is 366 g/mol. The number of hydrogen-bond acceptors (Lipinski definition) is 3. The van der Waals surface area contributed by atoms with Crippen LogP contribution < -0.4 is 10.0 Å². The lowest BCUT2D eigenvalue weighted by atomic mass is 10.2. The molecule has 0 heterocycles. The number of sulfonamides is 1. The minimum absolute atomic E-state index is 0.256. The van der Waals surface area contributed by atoms with E-state index in [1.54, 1.807) is 24.3 Å². The molecule has 0 saturated carbocycles. The van der Waals surface area contributed by atoms with Crippen LogP contribution in [0.2, 0.25) is 0 Å². The molecule has 2 N–H and O–H groups in total. The van der Waals surface area contributed by atoms with Crippen LogP contribution in [0.25, 0.3) is 0 Å². The minimum Gasteiger partial charge on any atom is -0.357 e. The van der Waals surface area contributed by atoms with Crippen LogP contribution in [-0.2, 0) is 10.0 Å². The van der Waals surface area contributed by atoms with Gasteiger partial charge in [-0.1, -0.05) is 23.8 Å². The van der Waals surface area contributed by atoms with Crippen molar-refractivity contribution in [2.75, 3.05) is 33.2 Å². The molecule has 140 valence electrons. The van der Waals surface area contributed by atoms with Gasteiger partial charge in [0.25, 0.3) is 0 Å². The van der Waals surface area contributed by atoms with Gasteiger partial charge in [0.1, 0.15) is 0 Å². The van der Waals surface area contributed by atoms with E-state index in [9.17, 15) is 8.42 Å². The lowest BCUT2D eigenvalue weighted by molar-refractivity contribution is 0.470. The molecule has 0 aliphatic carbocycles. The van der Waals surface area contributed by atoms with Gasteiger partial charge in [0, 0.05) is 26.7 Å². The molecule has 0 saturated heterocycles. The molecule has 0 fully saturated rings. The summed E-state index contributed by atoms with van der Waals surface area (Å²) in [5.41, 5.74) is 1.03. The van der Waals surface area contributed by atoms with Gasteiger partial charge in [-0.3, -0.25) is 4.99 Å². The molecule has 0 unspecified atom stereocenters. The van der Waals surface area contributed by atoms with Crippen molar-refractivity contribution in [3.05, 3.63) is 42.5 Å². The van der Waals surface area contributed by atoms with Crippen molar-refractivity contribution >= 4 is 16.0 Å². The van der Waals surface area contributed by atoms with Gasteiger partial charge >= 0.3 is 0 Å². The summed E-state index contributed by atoms with van der Waals surface area (Å²) in [5.74, 6) is 0.779. The van der Waals surface area contributed by atoms with Gasteiger partial charge in [0.2, 0.25) is 10.0 Å². The number of aliphatic imine (C=N–C) groups is 1. The van der Waals surface area contributed by atoms with Crippen LogP contribution in [0.1, 0.15) is 25.3 Å². The maximum absolute atomic E-state index is 12.2. The summed E-state index contributed by atoms with van der Waals surface area (Å²) in [6.45, 7) is 9.91. The molecule has 6 nitrogen and oxygen atoms in total. The van der Waals surface area contributed by atoms with Gasteiger partial charge < -0.3 is 10.2 Å². The average Bonchev–Trinajstić information content (AvgIpc) is 2.58. The number of allylic oxidation sites excluding steroid dienone is 1. The largest absolute Gasteiger partial charge is 0.357 e. The second-order valence-corrected chi connectivity index (χ2v) is 7.57. The zero-order chi connectivity index (χ0) is 18.7. The van der Waals surface area contributed by atoms with Crippen LogP contribution in [-0.4, -0.2) is 52.5 Å². The van der Waals surface area contributed by atoms with Crippen LogP contribution in [0.4, 0.5) is 0 Å². The highest BCUT2D eigenvalue weighted by Crippen LogP contribution is 2.09. The molecule has 0 aliphatic rings. The van der Waals surface area contributed by atoms with E-state index in [1.807, 2.05) is 31.9 Å². The first-order chi connectivity index (χ1) is 11.9. The van der Waals surface area contributed by atoms with Crippen LogP contribution in [0.3, 0.4) is 0 Å². The zero-order valence-electron chi connectivity index (χ0n) is 15.5. The normalized spacial score (nSPS) is 12.0. The van der Waals surface area contributed by atoms with Gasteiger partial charge in [-0.15, -0.1) is 6.58 Å². The number of rotatable bonds is 10. The van der Waals surface area contributed by atoms with Crippen LogP contribution in [0, 0.1) is 6.92 Å². The third-order valence-electron chi connectivity index (χ3n) is 3.59. The summed E-state index contributed by atoms with van der Waals surface area (Å²) in [7, 11) is -1.52. The highest BCUT2D eigenvalue weighted by Gasteiger charge is 2.12. The Morgan fingerprint density at radius 3 is 2.60 bits per heavy atom. The Kier molecular flexibility index (Phi) is 9.23. The lowest BCUT2D eigenvalue weighted by Gasteiger charge is -2.21. The Bertz CT molecular complexity index is 654. The molecule has 25 heavy (non-hydrogen) atoms. The Morgan fingerprint density at radius 2 is 2.00 bits per heavy atom. The quantitative estimate of drug-likeness (QED) is 0.288. The highest BCUT2D eigenvalue weighted by atomic mass is 32.2. The fourth-order valence-electron chi connectivity index (χ4n) is 2.19. The Morgan fingerprint density at radius 1 is 1.32 bits per heavy atom. The summed E-state index contributed by atoms with van der Waals surface area (Å²) in [6, 6.07) is 6.79. The molecular weight excluding hydrogens is 336 g/mol. The number of nitrogens with one attached hydrogen (secondary N) is 2. The smallest absolute Gasteiger partial charge is 0.240 e. The molecule has 1 aromatic carbocycles. The number of benzene rings is 1. The average molecular weight is 367 g/mol. The third kappa shape index (κ3) is 7.70. The van der Waals surface area contributed by atoms with Crippen molar-refractivity contribution in [3.8, 4) is 0 Å². The topological polar surface area (TPSA) is 73.8 Å². The summed E-state index contributed by atoms with van der Waals surface area (Å²) in [4.78, 5) is 6.80. The van der Waals surface area contributed by atoms with E-state index >= 15 is 0 Å². The van der Waals surface area contributed by atoms with E-state index in [2.05, 4.69) is 21.6 Å². The molecule has 0 bridgehead atoms. The Labute approximate surface area is 152 Å². The van der Waals surface area contributed by atoms with Gasteiger partial charge in [0.05, 0.1) is 11.4 Å². The van der Waals surface area contributed by atoms with Crippen LogP contribution >= 0.6 is 0 Å². The molecule has 0 spiro atoms. The second-order valence-electron chi connectivity index (χ2n) is 5.80. The maximum Gasteiger partial charge on any atom is 0.240 e. The van der Waals surface area contributed by atoms with Gasteiger partial charge in [-0.2, -0.15) is 0 Å². The molecule has 7 heteroatoms. The summed E-state index contributed by atoms with van der Waals surface area (Å²) in [6.07, 6.45) is 3.86. The Hall–Kier alpha value is -1.86. The second kappa shape index (κ2) is 10.9. The van der Waals surface area contributed by atoms with E-state index in [-0.39, 0.29) is 11.4 Å². The van der Waals surface area contributed by atoms with E-state index in [0.717, 1.165) is 37.5 Å². The van der Waals surface area contributed by atoms with Gasteiger partial charge in [-0.05, 0) is 38.8 Å². The van der Waals surface area contributed by atoms with Crippen molar-refractivity contribution < 1.29 is 8.42 Å². The van der Waals surface area contributed by atoms with Crippen molar-refractivity contribution in [2.24, 2.45) is 4.99 Å². The SMILES string of the molecule is C=CCCCN(C)C(=NCCNS(=O)(=O)c1ccc(C)cc1)NCC. The first kappa shape index (κ1) is 21.2. The van der Waals surface area contributed by atoms with Crippen molar-refractivity contribution in [2.45, 2.75) is 31.6 Å². The van der Waals surface area contributed by atoms with Gasteiger partial charge in [0.15, 0.2) is 5.96 Å². The van der Waals surface area contributed by atoms with Crippen molar-refractivity contribution in [1.29, 1.82) is 0 Å². The summed E-state index contributed by atoms with van der Waals surface area (Å²) in [5, 5.41) is 3.22. The molecule has 0 amide bonds. The fraction of sp³-hybridized carbons (Fsp3) is 0.500. The molecule has 0 aliphatic heterocycles. The highest BCUT2D eigenvalue weighted by molar-refractivity contribution is 7.89. The zero-order valence-corrected chi connectivity index (χ0v) is 16.3. The van der Waals surface area contributed by atoms with E-state index in [1.165, 1.54) is 0 Å². The standard InChI is InChI=1S/C18H30N4O2S/c1-5-7-8-15-22(4)18(19-6-2)20-13-14-21-25(23,24)17-11-9-16(3)10-12-17/h5,9-12,21H,1,6-8,13-15H2,2-4H3,(H,19,20). The van der Waals surface area contributed by atoms with Crippen LogP contribution in [0.15, 0.2) is 46.8 Å². The summed E-state index contributed by atoms with van der Waals surface area (Å²) < 4.78 is 27.0. The summed E-state index contributed by atoms with van der Waals surface area (Å²) >= 11 is 0. The van der Waals surface area contributed by atoms with Crippen LogP contribution in [0.5, 0.6) is 0 Å². The molecule has 1 rings (SSSR count). The molecular formula is C18H30N4O2S. The molecule has 0 atom stereocenters. The van der Waals surface area contributed by atoms with Gasteiger partial charge in [-0.25, -0.2) is 13.1 Å². The number of unbranched alkanes of at least 4 members (excludes halogenated alkanes) is 1. The predicted molar refractivity (Wildman–Crippen MR) is 104 cm³/mol. The lowest BCUT2D eigenvalue weighted by Crippen LogP contribution is -2.40. The number of aryl methyl sites for hydroxylation is 1. The third-order valence-corrected chi connectivity index (χ3v) is 5.07. The molecule has 1 aromatic rings. The number of guanidine groups is 1.